The Morgan fingerprint density at radius 1 is 1.30 bits per heavy atom. The highest BCUT2D eigenvalue weighted by Crippen LogP contribution is 2.29. The normalized spacial score (nSPS) is 10.8. The van der Waals surface area contributed by atoms with Crippen LogP contribution in [0.4, 0.5) is 17.1 Å². The summed E-state index contributed by atoms with van der Waals surface area (Å²) in [5.74, 6) is 0. The summed E-state index contributed by atoms with van der Waals surface area (Å²) in [6, 6.07) is 5.40. The fourth-order valence-electron chi connectivity index (χ4n) is 2.72. The first kappa shape index (κ1) is 25.3. The number of nitro benzene ring substituents is 1. The lowest BCUT2D eigenvalue weighted by Crippen LogP contribution is -2.23. The Morgan fingerprint density at radius 3 is 2.40 bits per heavy atom. The number of rotatable bonds is 10. The largest absolute Gasteiger partial charge is 0.726 e. The molecule has 0 saturated carbocycles. The number of imidazole rings is 1. The van der Waals surface area contributed by atoms with Crippen molar-refractivity contribution in [2.75, 3.05) is 37.0 Å². The molecule has 1 N–H and O–H groups in total. The van der Waals surface area contributed by atoms with E-state index in [2.05, 4.69) is 19.0 Å². The highest BCUT2D eigenvalue weighted by atomic mass is 32.3. The Hall–Kier alpha value is -2.70. The summed E-state index contributed by atoms with van der Waals surface area (Å²) >= 11 is 0. The van der Waals surface area contributed by atoms with Gasteiger partial charge in [-0.2, -0.15) is 0 Å². The Bertz CT molecular complexity index is 912. The number of aromatic nitrogens is 2. The first-order valence-electron chi connectivity index (χ1n) is 9.41. The van der Waals surface area contributed by atoms with Crippen LogP contribution in [0.15, 0.2) is 36.9 Å². The van der Waals surface area contributed by atoms with Crippen LogP contribution >= 0.6 is 0 Å². The third-order valence-corrected chi connectivity index (χ3v) is 4.65. The van der Waals surface area contributed by atoms with E-state index in [9.17, 15) is 23.1 Å². The molecule has 0 aliphatic heterocycles. The van der Waals surface area contributed by atoms with E-state index >= 15 is 0 Å². The quantitative estimate of drug-likeness (QED) is 0.146. The Labute approximate surface area is 177 Å². The van der Waals surface area contributed by atoms with Crippen molar-refractivity contribution >= 4 is 27.5 Å². The van der Waals surface area contributed by atoms with Gasteiger partial charge in [0, 0.05) is 37.8 Å². The second-order valence-electron chi connectivity index (χ2n) is 6.30. The monoisotopic (exact) mass is 443 g/mol. The minimum absolute atomic E-state index is 0.131. The van der Waals surface area contributed by atoms with Crippen LogP contribution in [-0.2, 0) is 28.2 Å². The third kappa shape index (κ3) is 8.76. The predicted molar refractivity (Wildman–Crippen MR) is 112 cm³/mol. The van der Waals surface area contributed by atoms with E-state index in [1.54, 1.807) is 12.1 Å². The third-order valence-electron chi connectivity index (χ3n) is 4.24. The number of nitro groups is 1. The van der Waals surface area contributed by atoms with E-state index in [0.717, 1.165) is 38.9 Å². The molecule has 0 aliphatic carbocycles. The molecule has 0 fully saturated rings. The number of nitrogens with zero attached hydrogens (tertiary/aromatic N) is 4. The van der Waals surface area contributed by atoms with Crippen molar-refractivity contribution in [3.05, 3.63) is 47.0 Å². The maximum absolute atomic E-state index is 11.4. The molecular weight excluding hydrogens is 414 g/mol. The number of aryl methyl sites for hydroxylation is 2. The molecule has 0 unspecified atom stereocenters. The van der Waals surface area contributed by atoms with Crippen LogP contribution in [0.25, 0.3) is 0 Å². The molecule has 168 valence electrons. The average Bonchev–Trinajstić information content (AvgIpc) is 3.11. The van der Waals surface area contributed by atoms with Gasteiger partial charge in [-0.1, -0.05) is 0 Å². The smallest absolute Gasteiger partial charge is 0.294 e. The molecule has 1 heterocycles. The zero-order chi connectivity index (χ0) is 22.7. The van der Waals surface area contributed by atoms with Crippen molar-refractivity contribution in [1.29, 1.82) is 0 Å². The minimum Gasteiger partial charge on any atom is -0.726 e. The summed E-state index contributed by atoms with van der Waals surface area (Å²) in [7, 11) is -1.62. The zero-order valence-electron chi connectivity index (χ0n) is 17.6. The first-order chi connectivity index (χ1) is 14.1. The number of hydrogen-bond donors (Lipinski definition) is 1. The molecule has 2 aromatic rings. The summed E-state index contributed by atoms with van der Waals surface area (Å²) < 4.78 is 35.1. The lowest BCUT2D eigenvalue weighted by Gasteiger charge is -2.21. The molecule has 0 amide bonds. The van der Waals surface area contributed by atoms with E-state index in [0.29, 0.717) is 12.2 Å². The fraction of sp³-hybridized carbons (Fsp3) is 0.500. The summed E-state index contributed by atoms with van der Waals surface area (Å²) in [5, 5.41) is 14.6. The average molecular weight is 444 g/mol. The van der Waals surface area contributed by atoms with Gasteiger partial charge in [-0.25, -0.2) is 17.6 Å². The highest BCUT2D eigenvalue weighted by Gasteiger charge is 2.16. The molecule has 2 rings (SSSR count). The lowest BCUT2D eigenvalue weighted by atomic mass is 10.2. The van der Waals surface area contributed by atoms with Crippen LogP contribution in [0.2, 0.25) is 0 Å². The van der Waals surface area contributed by atoms with Crippen molar-refractivity contribution in [2.24, 2.45) is 7.05 Å². The van der Waals surface area contributed by atoms with Crippen LogP contribution in [0.5, 0.6) is 0 Å². The maximum atomic E-state index is 11.4. The molecule has 11 nitrogen and oxygen atoms in total. The van der Waals surface area contributed by atoms with Crippen molar-refractivity contribution in [2.45, 2.75) is 26.8 Å². The predicted octanol–water partition coefficient (Wildman–Crippen LogP) is 1.66. The van der Waals surface area contributed by atoms with Gasteiger partial charge in [0.1, 0.15) is 18.1 Å². The summed E-state index contributed by atoms with van der Waals surface area (Å²) in [6.45, 7) is 7.31. The van der Waals surface area contributed by atoms with E-state index in [1.165, 1.54) is 0 Å². The van der Waals surface area contributed by atoms with Crippen LogP contribution in [-0.4, -0.2) is 49.2 Å². The second-order valence-corrected chi connectivity index (χ2v) is 7.45. The Morgan fingerprint density at radius 2 is 1.93 bits per heavy atom. The maximum Gasteiger partial charge on any atom is 0.294 e. The molecular formula is C18H29N5O6S. The van der Waals surface area contributed by atoms with Gasteiger partial charge >= 0.3 is 0 Å². The summed E-state index contributed by atoms with van der Waals surface area (Å²) in [5.41, 5.74) is 1.60. The number of nitrogens with one attached hydrogen (secondary N) is 1. The molecule has 0 radical (unpaired) electrons. The molecule has 0 bridgehead atoms. The molecule has 0 saturated heterocycles. The van der Waals surface area contributed by atoms with E-state index in [1.807, 2.05) is 50.2 Å². The highest BCUT2D eigenvalue weighted by molar-refractivity contribution is 7.80. The number of benzene rings is 1. The molecule has 30 heavy (non-hydrogen) atoms. The SMILES string of the molecule is CCN(CC)c1ccc(NCCCn2cc[n+](C)c2)c([N+](=O)[O-])c1.COS(=O)(=O)[O-]. The Balaban J connectivity index is 0.000000656. The molecule has 12 heteroatoms. The van der Waals surface area contributed by atoms with Gasteiger partial charge in [0.15, 0.2) is 0 Å². The van der Waals surface area contributed by atoms with Crippen molar-refractivity contribution in [3.8, 4) is 0 Å². The minimum atomic E-state index is -4.41. The van der Waals surface area contributed by atoms with Gasteiger partial charge in [0.2, 0.25) is 16.7 Å². The van der Waals surface area contributed by atoms with Crippen molar-refractivity contribution in [1.82, 2.24) is 4.57 Å². The standard InChI is InChI=1S/C17H26N5O2.CH4O4S/c1-4-21(5-2)15-7-8-16(17(13-15)22(23)24)18-9-6-10-20-12-11-19(3)14-20;1-5-6(2,3)4/h7-8,11-14,18H,4-6,9-10H2,1-3H3;1H3,(H,2,3,4)/q+1;/p-1. The second kappa shape index (κ2) is 12.1. The lowest BCUT2D eigenvalue weighted by molar-refractivity contribution is -0.671. The van der Waals surface area contributed by atoms with Crippen LogP contribution in [0.3, 0.4) is 0 Å². The molecule has 1 aromatic heterocycles. The van der Waals surface area contributed by atoms with Gasteiger partial charge in [-0.3, -0.25) is 14.3 Å². The Kier molecular flexibility index (Phi) is 10.2. The molecule has 0 spiro atoms. The van der Waals surface area contributed by atoms with Gasteiger partial charge < -0.3 is 14.8 Å². The number of anilines is 2. The van der Waals surface area contributed by atoms with Crippen LogP contribution in [0.1, 0.15) is 20.3 Å². The zero-order valence-corrected chi connectivity index (χ0v) is 18.5. The summed E-state index contributed by atoms with van der Waals surface area (Å²) in [6.07, 6.45) is 6.91. The van der Waals surface area contributed by atoms with Crippen molar-refractivity contribution < 1.29 is 26.6 Å². The van der Waals surface area contributed by atoms with Gasteiger partial charge in [0.25, 0.3) is 5.69 Å². The first-order valence-corrected chi connectivity index (χ1v) is 10.7. The molecule has 1 aromatic carbocycles. The van der Waals surface area contributed by atoms with E-state index < -0.39 is 10.4 Å². The fourth-order valence-corrected chi connectivity index (χ4v) is 2.72. The number of hydrogen-bond acceptors (Lipinski definition) is 8. The summed E-state index contributed by atoms with van der Waals surface area (Å²) in [4.78, 5) is 13.2. The van der Waals surface area contributed by atoms with Gasteiger partial charge in [0.05, 0.1) is 25.6 Å². The topological polar surface area (TPSA) is 134 Å². The van der Waals surface area contributed by atoms with Crippen LogP contribution < -0.4 is 14.8 Å². The van der Waals surface area contributed by atoms with E-state index in [-0.39, 0.29) is 10.6 Å². The van der Waals surface area contributed by atoms with Crippen LogP contribution in [0, 0.1) is 10.1 Å². The van der Waals surface area contributed by atoms with Crippen molar-refractivity contribution in [3.63, 3.8) is 0 Å². The van der Waals surface area contributed by atoms with Gasteiger partial charge in [-0.05, 0) is 26.0 Å². The van der Waals surface area contributed by atoms with E-state index in [4.69, 9.17) is 0 Å². The molecule has 0 aliphatic rings. The van der Waals surface area contributed by atoms with Gasteiger partial charge in [-0.15, -0.1) is 0 Å². The molecule has 0 atom stereocenters.